The van der Waals surface area contributed by atoms with Crippen molar-refractivity contribution in [1.82, 2.24) is 4.98 Å². The van der Waals surface area contributed by atoms with Crippen LogP contribution in [0.3, 0.4) is 0 Å². The molecule has 14 heteroatoms. The first kappa shape index (κ1) is 22.6. The zero-order valence-corrected chi connectivity index (χ0v) is 14.9. The molecule has 0 spiro atoms. The van der Waals surface area contributed by atoms with Crippen LogP contribution in [0, 0.1) is 6.92 Å². The van der Waals surface area contributed by atoms with Gasteiger partial charge in [-0.15, -0.1) is 0 Å². The summed E-state index contributed by atoms with van der Waals surface area (Å²) in [5.74, 6) is -1.02. The number of hydrogen-bond donors (Lipinski definition) is 1. The fourth-order valence-electron chi connectivity index (χ4n) is 1.90. The Morgan fingerprint density at radius 1 is 1.14 bits per heavy atom. The third-order valence-corrected chi connectivity index (χ3v) is 3.94. The van der Waals surface area contributed by atoms with Gasteiger partial charge in [-0.2, -0.15) is 22.0 Å². The van der Waals surface area contributed by atoms with Crippen molar-refractivity contribution in [3.05, 3.63) is 35.0 Å². The molecule has 160 valence electrons. The van der Waals surface area contributed by atoms with Crippen LogP contribution >= 0.6 is 11.3 Å². The van der Waals surface area contributed by atoms with Crippen LogP contribution in [0.5, 0.6) is 10.8 Å². The first-order valence-electron chi connectivity index (χ1n) is 7.42. The number of para-hydroxylation sites is 2. The smallest absolute Gasteiger partial charge is 0.428 e. The Morgan fingerprint density at radius 3 is 2.34 bits per heavy atom. The summed E-state index contributed by atoms with van der Waals surface area (Å²) < 4.78 is 111. The molecule has 2 aromatic rings. The van der Waals surface area contributed by atoms with Crippen LogP contribution in [-0.2, 0) is 0 Å². The lowest BCUT2D eigenvalue weighted by atomic mass is 10.3. The molecule has 0 saturated heterocycles. The number of rotatable bonds is 6. The van der Waals surface area contributed by atoms with Crippen LogP contribution < -0.4 is 14.8 Å². The second-order valence-corrected chi connectivity index (χ2v) is 6.45. The topological polar surface area (TPSA) is 60.5 Å². The molecule has 1 atom stereocenters. The van der Waals surface area contributed by atoms with Gasteiger partial charge >= 0.3 is 18.4 Å². The molecule has 0 aliphatic heterocycles. The predicted octanol–water partition coefficient (Wildman–Crippen LogP) is 5.87. The maximum Gasteiger partial charge on any atom is 0.439 e. The van der Waals surface area contributed by atoms with Crippen molar-refractivity contribution < 1.29 is 49.4 Å². The highest BCUT2D eigenvalue weighted by molar-refractivity contribution is 7.13. The molecule has 0 aliphatic carbocycles. The Kier molecular flexibility index (Phi) is 6.55. The fraction of sp³-hybridized carbons (Fsp3) is 0.333. The van der Waals surface area contributed by atoms with Crippen molar-refractivity contribution in [2.45, 2.75) is 31.8 Å². The van der Waals surface area contributed by atoms with Crippen molar-refractivity contribution in [3.63, 3.8) is 0 Å². The van der Waals surface area contributed by atoms with Crippen LogP contribution in [-0.4, -0.2) is 29.5 Å². The molecule has 0 aliphatic rings. The highest BCUT2D eigenvalue weighted by Crippen LogP contribution is 2.39. The van der Waals surface area contributed by atoms with E-state index >= 15 is 0 Å². The number of aryl methyl sites for hydroxylation is 1. The van der Waals surface area contributed by atoms with Crippen LogP contribution in [0.2, 0.25) is 0 Å². The summed E-state index contributed by atoms with van der Waals surface area (Å²) in [5, 5.41) is 1.42. The molecule has 0 saturated carbocycles. The number of carbonyl (C=O) groups is 1. The number of hydrogen-bond acceptors (Lipinski definition) is 5. The van der Waals surface area contributed by atoms with Crippen molar-refractivity contribution in [2.24, 2.45) is 0 Å². The Labute approximate surface area is 161 Å². The van der Waals surface area contributed by atoms with Crippen LogP contribution in [0.1, 0.15) is 17.1 Å². The van der Waals surface area contributed by atoms with Gasteiger partial charge in [0.05, 0.1) is 10.7 Å². The standard InChI is InChI=1S/C15H10F8N2O3S/c1-6-24-9(10(16)17)11(29-6)27-13(26)25-7-4-2-3-5-8(7)28-15(22,23)12(18)14(19,20)21/h2-5,10,12H,1H3,(H,25,26). The molecule has 0 bridgehead atoms. The third-order valence-electron chi connectivity index (χ3n) is 3.07. The van der Waals surface area contributed by atoms with E-state index in [4.69, 9.17) is 0 Å². The number of anilines is 1. The Balaban J connectivity index is 2.18. The lowest BCUT2D eigenvalue weighted by Gasteiger charge is -2.24. The average Bonchev–Trinajstić information content (AvgIpc) is 2.95. The summed E-state index contributed by atoms with van der Waals surface area (Å²) >= 11 is 0.602. The van der Waals surface area contributed by atoms with Gasteiger partial charge in [-0.05, 0) is 19.1 Å². The van der Waals surface area contributed by atoms with E-state index in [9.17, 15) is 39.9 Å². The van der Waals surface area contributed by atoms with Crippen molar-refractivity contribution in [1.29, 1.82) is 0 Å². The zero-order valence-electron chi connectivity index (χ0n) is 14.1. The lowest BCUT2D eigenvalue weighted by Crippen LogP contribution is -2.45. The first-order valence-corrected chi connectivity index (χ1v) is 8.24. The maximum absolute atomic E-state index is 13.5. The van der Waals surface area contributed by atoms with Gasteiger partial charge in [0.25, 0.3) is 12.6 Å². The number of ether oxygens (including phenoxy) is 2. The van der Waals surface area contributed by atoms with Crippen LogP contribution in [0.25, 0.3) is 0 Å². The molecular weight excluding hydrogens is 440 g/mol. The Hall–Kier alpha value is -2.64. The minimum absolute atomic E-state index is 0.146. The lowest BCUT2D eigenvalue weighted by molar-refractivity contribution is -0.304. The number of alkyl halides is 8. The molecule has 1 aromatic carbocycles. The van der Waals surface area contributed by atoms with E-state index in [1.54, 1.807) is 0 Å². The third kappa shape index (κ3) is 5.68. The van der Waals surface area contributed by atoms with Crippen LogP contribution in [0.15, 0.2) is 24.3 Å². The van der Waals surface area contributed by atoms with E-state index in [1.165, 1.54) is 13.0 Å². The normalized spacial score (nSPS) is 13.3. The van der Waals surface area contributed by atoms with E-state index in [0.29, 0.717) is 11.3 Å². The van der Waals surface area contributed by atoms with Gasteiger partial charge in [0.15, 0.2) is 5.69 Å². The van der Waals surface area contributed by atoms with Crippen LogP contribution in [0.4, 0.5) is 45.6 Å². The number of nitrogens with one attached hydrogen (secondary N) is 1. The minimum Gasteiger partial charge on any atom is -0.428 e. The number of nitrogens with zero attached hydrogens (tertiary/aromatic N) is 1. The number of benzene rings is 1. The summed E-state index contributed by atoms with van der Waals surface area (Å²) in [6.07, 6.45) is -20.4. The SMILES string of the molecule is Cc1nc(C(F)F)c(OC(=O)Nc2ccccc2OC(F)(F)C(F)C(F)(F)F)s1. The predicted molar refractivity (Wildman–Crippen MR) is 84.4 cm³/mol. The molecule has 2 rings (SSSR count). The average molecular weight is 450 g/mol. The van der Waals surface area contributed by atoms with Gasteiger partial charge in [-0.3, -0.25) is 5.32 Å². The number of thiazole rings is 1. The van der Waals surface area contributed by atoms with E-state index < -0.39 is 53.2 Å². The van der Waals surface area contributed by atoms with E-state index in [1.807, 2.05) is 5.32 Å². The van der Waals surface area contributed by atoms with Gasteiger partial charge in [0, 0.05) is 0 Å². The van der Waals surface area contributed by atoms with Gasteiger partial charge in [0.1, 0.15) is 5.75 Å². The van der Waals surface area contributed by atoms with E-state index in [2.05, 4.69) is 14.5 Å². The summed E-state index contributed by atoms with van der Waals surface area (Å²) in [6, 6.07) is 3.90. The number of amides is 1. The number of aromatic nitrogens is 1. The summed E-state index contributed by atoms with van der Waals surface area (Å²) in [5.41, 5.74) is -1.45. The summed E-state index contributed by atoms with van der Waals surface area (Å²) in [6.45, 7) is 1.36. The number of halogens is 8. The van der Waals surface area contributed by atoms with Gasteiger partial charge in [-0.25, -0.2) is 22.9 Å². The summed E-state index contributed by atoms with van der Waals surface area (Å²) in [7, 11) is 0. The molecule has 1 heterocycles. The van der Waals surface area contributed by atoms with Crippen molar-refractivity contribution in [2.75, 3.05) is 5.32 Å². The highest BCUT2D eigenvalue weighted by Gasteiger charge is 2.59. The molecule has 1 aromatic heterocycles. The van der Waals surface area contributed by atoms with Gasteiger partial charge < -0.3 is 9.47 Å². The largest absolute Gasteiger partial charge is 0.439 e. The van der Waals surface area contributed by atoms with E-state index in [-0.39, 0.29) is 5.01 Å². The first-order chi connectivity index (χ1) is 13.3. The van der Waals surface area contributed by atoms with Gasteiger partial charge in [-0.1, -0.05) is 23.5 Å². The van der Waals surface area contributed by atoms with Gasteiger partial charge in [0.2, 0.25) is 5.06 Å². The molecular formula is C15H10F8N2O3S. The molecule has 1 amide bonds. The Bertz CT molecular complexity index is 871. The Morgan fingerprint density at radius 2 is 1.76 bits per heavy atom. The zero-order chi connectivity index (χ0) is 22.0. The minimum atomic E-state index is -5.90. The fourth-order valence-corrected chi connectivity index (χ4v) is 2.67. The molecule has 5 nitrogen and oxygen atoms in total. The molecule has 0 fully saturated rings. The number of carbonyl (C=O) groups excluding carboxylic acids is 1. The second-order valence-electron chi connectivity index (χ2n) is 5.28. The molecule has 0 radical (unpaired) electrons. The molecule has 1 N–H and O–H groups in total. The second kappa shape index (κ2) is 8.39. The molecule has 1 unspecified atom stereocenters. The van der Waals surface area contributed by atoms with E-state index in [0.717, 1.165) is 18.2 Å². The maximum atomic E-state index is 13.5. The highest BCUT2D eigenvalue weighted by atomic mass is 32.1. The molecule has 29 heavy (non-hydrogen) atoms. The monoisotopic (exact) mass is 450 g/mol. The summed E-state index contributed by atoms with van der Waals surface area (Å²) in [4.78, 5) is 15.4. The van der Waals surface area contributed by atoms with Crippen molar-refractivity contribution >= 4 is 23.1 Å². The van der Waals surface area contributed by atoms with Crippen molar-refractivity contribution in [3.8, 4) is 10.8 Å². The quantitative estimate of drug-likeness (QED) is 0.559.